The van der Waals surface area contributed by atoms with E-state index in [1.165, 1.54) is 32.0 Å². The second kappa shape index (κ2) is 6.43. The maximum Gasteiger partial charge on any atom is 0.404 e. The van der Waals surface area contributed by atoms with Crippen molar-refractivity contribution in [1.82, 2.24) is 4.98 Å². The van der Waals surface area contributed by atoms with Gasteiger partial charge in [0, 0.05) is 16.5 Å². The van der Waals surface area contributed by atoms with E-state index in [0.717, 1.165) is 6.07 Å². The Morgan fingerprint density at radius 3 is 2.43 bits per heavy atom. The average molecular weight is 345 g/mol. The summed E-state index contributed by atoms with van der Waals surface area (Å²) in [5, 5.41) is 9.79. The Labute approximate surface area is 132 Å². The van der Waals surface area contributed by atoms with Crippen LogP contribution >= 0.6 is 7.60 Å². The third-order valence-electron chi connectivity index (χ3n) is 3.22. The van der Waals surface area contributed by atoms with Crippen LogP contribution in [-0.4, -0.2) is 23.3 Å². The van der Waals surface area contributed by atoms with Gasteiger partial charge in [-0.25, -0.2) is 0 Å². The predicted molar refractivity (Wildman–Crippen MR) is 84.7 cm³/mol. The molecule has 0 saturated heterocycles. The summed E-state index contributed by atoms with van der Waals surface area (Å²) < 4.78 is 51.3. The number of aromatic amines is 1. The second-order valence-electron chi connectivity index (χ2n) is 4.81. The van der Waals surface area contributed by atoms with Gasteiger partial charge >= 0.3 is 13.3 Å². The van der Waals surface area contributed by atoms with E-state index in [9.17, 15) is 18.5 Å². The number of hydrogen-bond acceptors (Lipinski definition) is 4. The highest BCUT2D eigenvalue weighted by Gasteiger charge is 2.54. The number of nitrogens with one attached hydrogen (secondary N) is 1. The SMILES string of the molecule is C=C(O)c1cc2cc(C(F)(F)P(=O)(OCC)OCC)ccc2[nH]1. The van der Waals surface area contributed by atoms with Crippen LogP contribution in [0.5, 0.6) is 0 Å². The van der Waals surface area contributed by atoms with Crippen molar-refractivity contribution >= 4 is 24.3 Å². The molecule has 0 bridgehead atoms. The van der Waals surface area contributed by atoms with Crippen LogP contribution in [-0.2, 0) is 19.3 Å². The number of benzene rings is 1. The molecule has 0 amide bonds. The second-order valence-corrected chi connectivity index (χ2v) is 6.88. The number of rotatable bonds is 7. The summed E-state index contributed by atoms with van der Waals surface area (Å²) in [5.74, 6) is -0.205. The van der Waals surface area contributed by atoms with Crippen molar-refractivity contribution in [1.29, 1.82) is 0 Å². The molecule has 2 rings (SSSR count). The first-order chi connectivity index (χ1) is 10.7. The molecule has 0 radical (unpaired) electrons. The zero-order valence-electron chi connectivity index (χ0n) is 12.8. The fourth-order valence-corrected chi connectivity index (χ4v) is 3.71. The third-order valence-corrected chi connectivity index (χ3v) is 5.36. The summed E-state index contributed by atoms with van der Waals surface area (Å²) in [5.41, 5.74) is -3.42. The number of halogens is 2. The maximum atomic E-state index is 14.7. The molecule has 0 unspecified atom stereocenters. The molecule has 126 valence electrons. The number of alkyl halides is 2. The summed E-state index contributed by atoms with van der Waals surface area (Å²) in [4.78, 5) is 2.84. The van der Waals surface area contributed by atoms with Crippen molar-refractivity contribution in [2.24, 2.45) is 0 Å². The fourth-order valence-electron chi connectivity index (χ4n) is 2.17. The standard InChI is InChI=1S/C15H18F2NO4P/c1-4-21-23(20,22-5-2)15(16,17)12-6-7-13-11(8-12)9-14(18-13)10(3)19/h6-9,18-19H,3-5H2,1-2H3. The molecule has 0 fully saturated rings. The van der Waals surface area contributed by atoms with Gasteiger partial charge in [0.25, 0.3) is 0 Å². The monoisotopic (exact) mass is 345 g/mol. The van der Waals surface area contributed by atoms with Gasteiger partial charge in [0.1, 0.15) is 5.76 Å². The van der Waals surface area contributed by atoms with Crippen molar-refractivity contribution in [3.05, 3.63) is 42.1 Å². The molecule has 2 N–H and O–H groups in total. The molecule has 1 aromatic heterocycles. The lowest BCUT2D eigenvalue weighted by atomic mass is 10.1. The normalized spacial score (nSPS) is 12.7. The topological polar surface area (TPSA) is 71.6 Å². The first-order valence-corrected chi connectivity index (χ1v) is 8.58. The Bertz CT molecular complexity index is 762. The van der Waals surface area contributed by atoms with Gasteiger partial charge < -0.3 is 19.1 Å². The molecular formula is C15H18F2NO4P. The summed E-state index contributed by atoms with van der Waals surface area (Å²) in [6, 6.07) is 5.22. The van der Waals surface area contributed by atoms with E-state index in [2.05, 4.69) is 11.6 Å². The molecule has 0 atom stereocenters. The Balaban J connectivity index is 2.51. The van der Waals surface area contributed by atoms with Gasteiger partial charge in [0.2, 0.25) is 0 Å². The van der Waals surface area contributed by atoms with Gasteiger partial charge in [-0.15, -0.1) is 0 Å². The van der Waals surface area contributed by atoms with E-state index < -0.39 is 18.8 Å². The lowest BCUT2D eigenvalue weighted by Gasteiger charge is -2.26. The summed E-state index contributed by atoms with van der Waals surface area (Å²) >= 11 is 0. The highest BCUT2D eigenvalue weighted by atomic mass is 31.2. The number of aliphatic hydroxyl groups is 1. The smallest absolute Gasteiger partial charge is 0.404 e. The van der Waals surface area contributed by atoms with Gasteiger partial charge in [-0.2, -0.15) is 8.78 Å². The van der Waals surface area contributed by atoms with E-state index in [-0.39, 0.29) is 19.0 Å². The first-order valence-electron chi connectivity index (χ1n) is 7.03. The number of aliphatic hydroxyl groups excluding tert-OH is 1. The Hall–Kier alpha value is -1.69. The van der Waals surface area contributed by atoms with Crippen LogP contribution in [0, 0.1) is 0 Å². The van der Waals surface area contributed by atoms with Crippen molar-refractivity contribution in [3.8, 4) is 0 Å². The zero-order valence-corrected chi connectivity index (χ0v) is 13.7. The molecule has 0 saturated carbocycles. The minimum atomic E-state index is -4.64. The molecular weight excluding hydrogens is 327 g/mol. The average Bonchev–Trinajstić information content (AvgIpc) is 2.90. The molecule has 8 heteroatoms. The van der Waals surface area contributed by atoms with Crippen LogP contribution in [0.1, 0.15) is 25.1 Å². The number of aromatic nitrogens is 1. The maximum absolute atomic E-state index is 14.7. The van der Waals surface area contributed by atoms with Gasteiger partial charge in [0.15, 0.2) is 0 Å². The number of fused-ring (bicyclic) bond motifs is 1. The van der Waals surface area contributed by atoms with Gasteiger partial charge in [-0.3, -0.25) is 4.57 Å². The van der Waals surface area contributed by atoms with Gasteiger partial charge in [-0.05, 0) is 32.0 Å². The summed E-state index contributed by atoms with van der Waals surface area (Å²) in [7, 11) is -4.64. The van der Waals surface area contributed by atoms with Crippen molar-refractivity contribution in [2.45, 2.75) is 19.5 Å². The summed E-state index contributed by atoms with van der Waals surface area (Å²) in [6.45, 7) is 5.99. The minimum Gasteiger partial charge on any atom is -0.506 e. The lowest BCUT2D eigenvalue weighted by Crippen LogP contribution is -2.18. The molecule has 0 aliphatic heterocycles. The van der Waals surface area contributed by atoms with E-state index >= 15 is 0 Å². The lowest BCUT2D eigenvalue weighted by molar-refractivity contribution is 0.0362. The summed E-state index contributed by atoms with van der Waals surface area (Å²) in [6.07, 6.45) is 0. The van der Waals surface area contributed by atoms with E-state index in [1.54, 1.807) is 0 Å². The fraction of sp³-hybridized carbons (Fsp3) is 0.333. The first kappa shape index (κ1) is 17.7. The Morgan fingerprint density at radius 1 is 1.30 bits per heavy atom. The predicted octanol–water partition coefficient (Wildman–Crippen LogP) is 5.01. The molecule has 0 aliphatic carbocycles. The largest absolute Gasteiger partial charge is 0.506 e. The minimum absolute atomic E-state index is 0.159. The molecule has 1 aromatic carbocycles. The van der Waals surface area contributed by atoms with Crippen LogP contribution in [0.3, 0.4) is 0 Å². The van der Waals surface area contributed by atoms with Crippen LogP contribution in [0.2, 0.25) is 0 Å². The Kier molecular flexibility index (Phi) is 4.94. The van der Waals surface area contributed by atoms with Crippen molar-refractivity contribution in [3.63, 3.8) is 0 Å². The molecule has 0 spiro atoms. The van der Waals surface area contributed by atoms with Crippen LogP contribution in [0.25, 0.3) is 16.7 Å². The van der Waals surface area contributed by atoms with Crippen LogP contribution in [0.15, 0.2) is 30.8 Å². The van der Waals surface area contributed by atoms with Crippen molar-refractivity contribution < 1.29 is 27.5 Å². The van der Waals surface area contributed by atoms with Crippen molar-refractivity contribution in [2.75, 3.05) is 13.2 Å². The van der Waals surface area contributed by atoms with Crippen LogP contribution < -0.4 is 0 Å². The quantitative estimate of drug-likeness (QED) is 0.546. The van der Waals surface area contributed by atoms with E-state index in [4.69, 9.17) is 9.05 Å². The number of H-pyrrole nitrogens is 1. The molecule has 23 heavy (non-hydrogen) atoms. The van der Waals surface area contributed by atoms with Crippen LogP contribution in [0.4, 0.5) is 8.78 Å². The molecule has 2 aromatic rings. The third kappa shape index (κ3) is 3.17. The van der Waals surface area contributed by atoms with E-state index in [1.807, 2.05) is 0 Å². The molecule has 5 nitrogen and oxygen atoms in total. The van der Waals surface area contributed by atoms with Gasteiger partial charge in [0.05, 0.1) is 18.9 Å². The number of hydrogen-bond donors (Lipinski definition) is 2. The molecule has 1 heterocycles. The van der Waals surface area contributed by atoms with Gasteiger partial charge in [-0.1, -0.05) is 12.6 Å². The highest BCUT2D eigenvalue weighted by molar-refractivity contribution is 7.54. The Morgan fingerprint density at radius 2 is 1.91 bits per heavy atom. The molecule has 0 aliphatic rings. The van der Waals surface area contributed by atoms with E-state index in [0.29, 0.717) is 16.6 Å². The highest BCUT2D eigenvalue weighted by Crippen LogP contribution is 2.66. The zero-order chi connectivity index (χ0) is 17.3.